The number of thioether (sulfide) groups is 1. The van der Waals surface area contributed by atoms with Crippen LogP contribution in [0.15, 0.2) is 60.7 Å². The Labute approximate surface area is 245 Å². The molecule has 0 aliphatic heterocycles. The number of aliphatic hydroxyl groups excluding tert-OH is 2. The lowest BCUT2D eigenvalue weighted by Gasteiger charge is -2.09. The number of benzene rings is 2. The van der Waals surface area contributed by atoms with Crippen LogP contribution >= 0.6 is 61.4 Å². The van der Waals surface area contributed by atoms with Gasteiger partial charge in [0, 0.05) is 17.9 Å². The lowest BCUT2D eigenvalue weighted by molar-refractivity contribution is -0.124. The fourth-order valence-corrected chi connectivity index (χ4v) is 5.62. The summed E-state index contributed by atoms with van der Waals surface area (Å²) in [7, 11) is 0. The van der Waals surface area contributed by atoms with Gasteiger partial charge in [-0.1, -0.05) is 83.3 Å². The normalized spacial score (nSPS) is 11.9. The molecule has 4 N–H and O–H groups in total. The highest BCUT2D eigenvalue weighted by Crippen LogP contribution is 2.24. The van der Waals surface area contributed by atoms with Gasteiger partial charge in [0.25, 0.3) is 11.8 Å². The number of hydrogen-bond acceptors (Lipinski definition) is 11. The Balaban J connectivity index is 0.00000253. The van der Waals surface area contributed by atoms with Gasteiger partial charge in [-0.15, -0.1) is 20.4 Å². The fraction of sp³-hybridized carbons (Fsp3) is 0.217. The first kappa shape index (κ1) is 31.7. The van der Waals surface area contributed by atoms with E-state index in [-0.39, 0.29) is 27.0 Å². The quantitative estimate of drug-likeness (QED) is 0.187. The summed E-state index contributed by atoms with van der Waals surface area (Å²) in [4.78, 5) is 24.5. The number of hydrogen-bond donors (Lipinski definition) is 4. The Morgan fingerprint density at radius 2 is 1.18 bits per heavy atom. The molecule has 0 aliphatic rings. The first-order valence-corrected chi connectivity index (χ1v) is 13.6. The van der Waals surface area contributed by atoms with E-state index in [1.807, 2.05) is 12.1 Å². The summed E-state index contributed by atoms with van der Waals surface area (Å²) in [6, 6.07) is 17.3. The summed E-state index contributed by atoms with van der Waals surface area (Å²) in [5.41, 5.74) is 1.00. The topological polar surface area (TPSA) is 150 Å². The van der Waals surface area contributed by atoms with Crippen molar-refractivity contribution in [2.75, 3.05) is 16.4 Å². The first-order chi connectivity index (χ1) is 17.5. The van der Waals surface area contributed by atoms with Gasteiger partial charge in [-0.3, -0.25) is 20.2 Å². The second-order valence-electron chi connectivity index (χ2n) is 7.41. The number of carbonyl (C=O) groups is 2. The molecule has 2 heterocycles. The third-order valence-electron chi connectivity index (χ3n) is 4.81. The van der Waals surface area contributed by atoms with E-state index in [1.165, 1.54) is 22.7 Å². The van der Waals surface area contributed by atoms with Crippen molar-refractivity contribution in [3.63, 3.8) is 0 Å². The minimum absolute atomic E-state index is 0. The van der Waals surface area contributed by atoms with E-state index >= 15 is 0 Å². The summed E-state index contributed by atoms with van der Waals surface area (Å²) in [6.07, 6.45) is -1.92. The molecule has 2 aromatic carbocycles. The highest BCUT2D eigenvalue weighted by atomic mass is 32.2. The Kier molecular flexibility index (Phi) is 13.2. The Morgan fingerprint density at radius 3 is 1.68 bits per heavy atom. The monoisotopic (exact) mass is 610 g/mol. The number of aliphatic hydroxyl groups is 2. The Morgan fingerprint density at radius 1 is 0.737 bits per heavy atom. The van der Waals surface area contributed by atoms with Crippen LogP contribution in [0.25, 0.3) is 0 Å². The van der Waals surface area contributed by atoms with Crippen LogP contribution in [0.2, 0.25) is 0 Å². The average molecular weight is 611 g/mol. The standard InChI is InChI=1S/C23H22N6O4S3.2H2S/c30-18(14-7-3-1-4-8-14)20(32)24-22-28-26-16(35-22)11-12-34-13-17-27-29-23(36-17)25-21(33)19(31)15-9-5-2-6-10-15;;/h1-10,18-19,30-31H,11-13H2,(H,24,28,32)(H,25,29,33);2*1H2/t18-,19-;;/m0../s1. The van der Waals surface area contributed by atoms with Gasteiger partial charge < -0.3 is 10.2 Å². The molecule has 0 radical (unpaired) electrons. The summed E-state index contributed by atoms with van der Waals surface area (Å²) >= 11 is 4.13. The van der Waals surface area contributed by atoms with Crippen molar-refractivity contribution in [1.29, 1.82) is 0 Å². The number of carbonyl (C=O) groups excluding carboxylic acids is 2. The third-order valence-corrected chi connectivity index (χ3v) is 7.70. The zero-order chi connectivity index (χ0) is 25.3. The van der Waals surface area contributed by atoms with E-state index in [0.717, 1.165) is 15.8 Å². The third kappa shape index (κ3) is 9.04. The molecule has 0 saturated heterocycles. The molecule has 38 heavy (non-hydrogen) atoms. The maximum absolute atomic E-state index is 12.2. The van der Waals surface area contributed by atoms with Crippen LogP contribution in [0.5, 0.6) is 0 Å². The number of nitrogens with one attached hydrogen (secondary N) is 2. The van der Waals surface area contributed by atoms with Gasteiger partial charge in [0.05, 0.1) is 0 Å². The fourth-order valence-electron chi connectivity index (χ4n) is 3.01. The minimum Gasteiger partial charge on any atom is -0.378 e. The van der Waals surface area contributed by atoms with E-state index in [1.54, 1.807) is 60.3 Å². The van der Waals surface area contributed by atoms with Gasteiger partial charge in [0.2, 0.25) is 10.3 Å². The van der Waals surface area contributed by atoms with E-state index in [4.69, 9.17) is 0 Å². The summed E-state index contributed by atoms with van der Waals surface area (Å²) in [5, 5.41) is 43.8. The molecule has 0 bridgehead atoms. The number of anilines is 2. The molecule has 2 atom stereocenters. The van der Waals surface area contributed by atoms with Crippen LogP contribution in [0.4, 0.5) is 10.3 Å². The van der Waals surface area contributed by atoms with Gasteiger partial charge in [0.1, 0.15) is 10.0 Å². The molecule has 202 valence electrons. The van der Waals surface area contributed by atoms with Gasteiger partial charge in [-0.05, 0) is 11.1 Å². The Hall–Kier alpha value is -2.53. The van der Waals surface area contributed by atoms with Gasteiger partial charge in [0.15, 0.2) is 12.2 Å². The minimum atomic E-state index is -1.28. The summed E-state index contributed by atoms with van der Waals surface area (Å²) < 4.78 is 0. The maximum atomic E-state index is 12.2. The molecule has 0 fully saturated rings. The second kappa shape index (κ2) is 15.8. The van der Waals surface area contributed by atoms with Gasteiger partial charge >= 0.3 is 0 Å². The lowest BCUT2D eigenvalue weighted by Crippen LogP contribution is -2.20. The van der Waals surface area contributed by atoms with Crippen LogP contribution in [-0.2, 0) is 21.8 Å². The number of amides is 2. The molecule has 0 saturated carbocycles. The molecule has 0 unspecified atom stereocenters. The van der Waals surface area contributed by atoms with Gasteiger partial charge in [-0.2, -0.15) is 38.8 Å². The number of nitrogens with zero attached hydrogens (tertiary/aromatic N) is 4. The number of aryl methyl sites for hydroxylation is 1. The largest absolute Gasteiger partial charge is 0.378 e. The molecule has 0 spiro atoms. The zero-order valence-corrected chi connectivity index (χ0v) is 24.2. The van der Waals surface area contributed by atoms with Crippen LogP contribution < -0.4 is 10.6 Å². The summed E-state index contributed by atoms with van der Waals surface area (Å²) in [5.74, 6) is 0.213. The number of rotatable bonds is 11. The predicted octanol–water partition coefficient (Wildman–Crippen LogP) is 3.44. The predicted molar refractivity (Wildman–Crippen MR) is 161 cm³/mol. The smallest absolute Gasteiger partial charge is 0.259 e. The molecule has 15 heteroatoms. The van der Waals surface area contributed by atoms with E-state index in [9.17, 15) is 19.8 Å². The van der Waals surface area contributed by atoms with Crippen LogP contribution in [0, 0.1) is 0 Å². The summed E-state index contributed by atoms with van der Waals surface area (Å²) in [6.45, 7) is 0. The maximum Gasteiger partial charge on any atom is 0.259 e. The van der Waals surface area contributed by atoms with Crippen molar-refractivity contribution < 1.29 is 19.8 Å². The van der Waals surface area contributed by atoms with Crippen molar-refractivity contribution in [3.05, 3.63) is 81.8 Å². The second-order valence-corrected chi connectivity index (χ2v) is 10.6. The van der Waals surface area contributed by atoms with E-state index < -0.39 is 24.0 Å². The van der Waals surface area contributed by atoms with Crippen molar-refractivity contribution in [2.24, 2.45) is 0 Å². The molecule has 4 rings (SSSR count). The van der Waals surface area contributed by atoms with Crippen molar-refractivity contribution >= 4 is 83.5 Å². The van der Waals surface area contributed by atoms with Crippen molar-refractivity contribution in [1.82, 2.24) is 20.4 Å². The molecule has 4 aromatic rings. The highest BCUT2D eigenvalue weighted by Gasteiger charge is 2.20. The molecular formula is C23H26N6O4S5. The Bertz CT molecular complexity index is 1190. The van der Waals surface area contributed by atoms with Crippen LogP contribution in [0.1, 0.15) is 33.4 Å². The molecular weight excluding hydrogens is 585 g/mol. The average Bonchev–Trinajstić information content (AvgIpc) is 3.55. The van der Waals surface area contributed by atoms with Crippen molar-refractivity contribution in [3.8, 4) is 0 Å². The van der Waals surface area contributed by atoms with Crippen molar-refractivity contribution in [2.45, 2.75) is 24.4 Å². The highest BCUT2D eigenvalue weighted by molar-refractivity contribution is 7.98. The van der Waals surface area contributed by atoms with Crippen LogP contribution in [-0.4, -0.2) is 48.2 Å². The lowest BCUT2D eigenvalue weighted by atomic mass is 10.1. The molecule has 10 nitrogen and oxygen atoms in total. The van der Waals surface area contributed by atoms with Gasteiger partial charge in [-0.25, -0.2) is 0 Å². The molecule has 2 amide bonds. The SMILES string of the molecule is O=C(Nc1nnc(CCSCc2nnc(NC(=O)[C@@H](O)c3ccccc3)s2)s1)[C@@H](O)c1ccccc1.S.S. The molecule has 0 aliphatic carbocycles. The zero-order valence-electron chi connectivity index (χ0n) is 19.8. The van der Waals surface area contributed by atoms with E-state index in [2.05, 4.69) is 31.0 Å². The van der Waals surface area contributed by atoms with Crippen LogP contribution in [0.3, 0.4) is 0 Å². The number of aromatic nitrogens is 4. The van der Waals surface area contributed by atoms with E-state index in [0.29, 0.717) is 33.6 Å². The first-order valence-electron chi connectivity index (χ1n) is 10.8. The molecule has 2 aromatic heterocycles.